The molecule has 1 aliphatic heterocycles. The molecule has 1 N–H and O–H groups in total. The summed E-state index contributed by atoms with van der Waals surface area (Å²) in [5, 5.41) is 3.68. The fourth-order valence-corrected chi connectivity index (χ4v) is 3.52. The van der Waals surface area contributed by atoms with Gasteiger partial charge >= 0.3 is 0 Å². The Morgan fingerprint density at radius 2 is 1.85 bits per heavy atom. The Morgan fingerprint density at radius 1 is 1.15 bits per heavy atom. The van der Waals surface area contributed by atoms with Crippen molar-refractivity contribution in [2.24, 2.45) is 5.92 Å². The van der Waals surface area contributed by atoms with Crippen molar-refractivity contribution >= 4 is 23.4 Å². The van der Waals surface area contributed by atoms with Crippen molar-refractivity contribution < 1.29 is 9.59 Å². The van der Waals surface area contributed by atoms with E-state index in [2.05, 4.69) is 5.32 Å². The van der Waals surface area contributed by atoms with Crippen LogP contribution in [0.1, 0.15) is 35.3 Å². The van der Waals surface area contributed by atoms with E-state index in [0.29, 0.717) is 23.7 Å². The molecule has 0 bridgehead atoms. The quantitative estimate of drug-likeness (QED) is 0.843. The smallest absolute Gasteiger partial charge is 0.255 e. The van der Waals surface area contributed by atoms with Gasteiger partial charge in [-0.05, 0) is 41.7 Å². The highest BCUT2D eigenvalue weighted by atomic mass is 35.5. The minimum Gasteiger partial charge on any atom is -0.354 e. The van der Waals surface area contributed by atoms with Gasteiger partial charge in [0.1, 0.15) is 6.04 Å². The zero-order valence-corrected chi connectivity index (χ0v) is 15.8. The summed E-state index contributed by atoms with van der Waals surface area (Å²) < 4.78 is 0. The molecule has 0 fully saturated rings. The number of nitrogens with zero attached hydrogens (tertiary/aromatic N) is 1. The first-order chi connectivity index (χ1) is 12.5. The summed E-state index contributed by atoms with van der Waals surface area (Å²) in [6, 6.07) is 14.7. The zero-order chi connectivity index (χ0) is 18.7. The number of benzene rings is 2. The lowest BCUT2D eigenvalue weighted by Crippen LogP contribution is -2.50. The molecule has 1 heterocycles. The van der Waals surface area contributed by atoms with Crippen LogP contribution in [0.5, 0.6) is 0 Å². The molecule has 0 saturated heterocycles. The largest absolute Gasteiger partial charge is 0.354 e. The Kier molecular flexibility index (Phi) is 5.62. The van der Waals surface area contributed by atoms with Crippen molar-refractivity contribution in [1.82, 2.24) is 10.2 Å². The van der Waals surface area contributed by atoms with Crippen LogP contribution < -0.4 is 5.32 Å². The number of rotatable bonds is 6. The van der Waals surface area contributed by atoms with Crippen LogP contribution >= 0.6 is 11.6 Å². The topological polar surface area (TPSA) is 49.4 Å². The lowest BCUT2D eigenvalue weighted by molar-refractivity contribution is -0.127. The summed E-state index contributed by atoms with van der Waals surface area (Å²) in [4.78, 5) is 27.2. The maximum absolute atomic E-state index is 12.8. The first-order valence-corrected chi connectivity index (χ1v) is 9.26. The van der Waals surface area contributed by atoms with Crippen LogP contribution in [0, 0.1) is 5.92 Å². The Morgan fingerprint density at radius 3 is 2.50 bits per heavy atom. The van der Waals surface area contributed by atoms with Gasteiger partial charge in [-0.2, -0.15) is 0 Å². The molecule has 0 unspecified atom stereocenters. The highest BCUT2D eigenvalue weighted by molar-refractivity contribution is 6.30. The Bertz CT molecular complexity index is 802. The van der Waals surface area contributed by atoms with Crippen molar-refractivity contribution in [2.45, 2.75) is 32.9 Å². The second kappa shape index (κ2) is 7.92. The van der Waals surface area contributed by atoms with Crippen molar-refractivity contribution in [3.63, 3.8) is 0 Å². The van der Waals surface area contributed by atoms with Crippen LogP contribution in [0.4, 0.5) is 0 Å². The van der Waals surface area contributed by atoms with Gasteiger partial charge in [-0.25, -0.2) is 0 Å². The molecular formula is C21H23ClN2O2. The molecule has 2 amide bonds. The number of carbonyl (C=O) groups is 2. The molecule has 136 valence electrons. The van der Waals surface area contributed by atoms with Gasteiger partial charge in [-0.1, -0.05) is 55.8 Å². The number of amides is 2. The van der Waals surface area contributed by atoms with E-state index >= 15 is 0 Å². The third-order valence-electron chi connectivity index (χ3n) is 4.71. The van der Waals surface area contributed by atoms with E-state index in [1.54, 1.807) is 4.90 Å². The fourth-order valence-electron chi connectivity index (χ4n) is 3.39. The number of hydrogen-bond donors (Lipinski definition) is 1. The van der Waals surface area contributed by atoms with Crippen molar-refractivity contribution in [3.05, 3.63) is 70.2 Å². The number of halogens is 1. The lowest BCUT2D eigenvalue weighted by atomic mass is 10.0. The van der Waals surface area contributed by atoms with Crippen LogP contribution in [-0.2, 0) is 17.8 Å². The summed E-state index contributed by atoms with van der Waals surface area (Å²) in [6.07, 6.45) is 0.724. The van der Waals surface area contributed by atoms with Gasteiger partial charge in [0.15, 0.2) is 0 Å². The van der Waals surface area contributed by atoms with E-state index < -0.39 is 6.04 Å². The average molecular weight is 371 g/mol. The Labute approximate surface area is 159 Å². The molecule has 0 aliphatic carbocycles. The number of hydrogen-bond acceptors (Lipinski definition) is 2. The highest BCUT2D eigenvalue weighted by Crippen LogP contribution is 2.27. The highest BCUT2D eigenvalue weighted by Gasteiger charge is 2.37. The van der Waals surface area contributed by atoms with Crippen LogP contribution in [0.2, 0.25) is 5.02 Å². The van der Waals surface area contributed by atoms with Crippen molar-refractivity contribution in [3.8, 4) is 0 Å². The zero-order valence-electron chi connectivity index (χ0n) is 15.0. The first-order valence-electron chi connectivity index (χ1n) is 8.88. The molecule has 2 aromatic rings. The molecule has 1 atom stereocenters. The molecule has 0 spiro atoms. The SMILES string of the molecule is CC(C)[C@H](C(=O)NCCc1ccc(Cl)cc1)N1Cc2ccccc2C1=O. The van der Waals surface area contributed by atoms with E-state index in [0.717, 1.165) is 17.5 Å². The van der Waals surface area contributed by atoms with Gasteiger partial charge in [0.25, 0.3) is 5.91 Å². The molecule has 4 nitrogen and oxygen atoms in total. The average Bonchev–Trinajstić information content (AvgIpc) is 2.93. The number of fused-ring (bicyclic) bond motifs is 1. The normalized spacial score (nSPS) is 14.5. The molecule has 1 aliphatic rings. The molecule has 26 heavy (non-hydrogen) atoms. The van der Waals surface area contributed by atoms with E-state index in [9.17, 15) is 9.59 Å². The third kappa shape index (κ3) is 3.91. The maximum atomic E-state index is 12.8. The van der Waals surface area contributed by atoms with E-state index in [4.69, 9.17) is 11.6 Å². The standard InChI is InChI=1S/C21H23ClN2O2/c1-14(2)19(24-13-16-5-3-4-6-18(16)21(24)26)20(25)23-12-11-15-7-9-17(22)10-8-15/h3-10,14,19H,11-13H2,1-2H3,(H,23,25)/t19-/m1/s1. The summed E-state index contributed by atoms with van der Waals surface area (Å²) >= 11 is 5.89. The summed E-state index contributed by atoms with van der Waals surface area (Å²) in [7, 11) is 0. The molecule has 5 heteroatoms. The molecule has 2 aromatic carbocycles. The van der Waals surface area contributed by atoms with Gasteiger partial charge in [0, 0.05) is 23.7 Å². The second-order valence-electron chi connectivity index (χ2n) is 6.95. The third-order valence-corrected chi connectivity index (χ3v) is 4.96. The van der Waals surface area contributed by atoms with Gasteiger partial charge < -0.3 is 10.2 Å². The Balaban J connectivity index is 1.64. The first kappa shape index (κ1) is 18.5. The fraction of sp³-hybridized carbons (Fsp3) is 0.333. The van der Waals surface area contributed by atoms with E-state index in [1.807, 2.05) is 62.4 Å². The molecule has 0 aromatic heterocycles. The summed E-state index contributed by atoms with van der Waals surface area (Å²) in [5.41, 5.74) is 2.80. The number of nitrogens with one attached hydrogen (secondary N) is 1. The number of carbonyl (C=O) groups excluding carboxylic acids is 2. The van der Waals surface area contributed by atoms with E-state index in [-0.39, 0.29) is 17.7 Å². The Hall–Kier alpha value is -2.33. The second-order valence-corrected chi connectivity index (χ2v) is 7.38. The minimum absolute atomic E-state index is 0.0313. The van der Waals surface area contributed by atoms with Crippen molar-refractivity contribution in [1.29, 1.82) is 0 Å². The summed E-state index contributed by atoms with van der Waals surface area (Å²) in [6.45, 7) is 4.96. The minimum atomic E-state index is -0.472. The van der Waals surface area contributed by atoms with Gasteiger partial charge in [0.05, 0.1) is 0 Å². The van der Waals surface area contributed by atoms with Crippen LogP contribution in [0.3, 0.4) is 0 Å². The predicted molar refractivity (Wildman–Crippen MR) is 103 cm³/mol. The monoisotopic (exact) mass is 370 g/mol. The lowest BCUT2D eigenvalue weighted by Gasteiger charge is -2.30. The van der Waals surface area contributed by atoms with Gasteiger partial charge in [-0.3, -0.25) is 9.59 Å². The molecule has 3 rings (SSSR count). The van der Waals surface area contributed by atoms with Crippen molar-refractivity contribution in [2.75, 3.05) is 6.54 Å². The van der Waals surface area contributed by atoms with Crippen LogP contribution in [0.15, 0.2) is 48.5 Å². The van der Waals surface area contributed by atoms with E-state index in [1.165, 1.54) is 0 Å². The van der Waals surface area contributed by atoms with Crippen LogP contribution in [-0.4, -0.2) is 29.3 Å². The maximum Gasteiger partial charge on any atom is 0.255 e. The molecule has 0 saturated carbocycles. The van der Waals surface area contributed by atoms with Gasteiger partial charge in [-0.15, -0.1) is 0 Å². The molecular weight excluding hydrogens is 348 g/mol. The van der Waals surface area contributed by atoms with Gasteiger partial charge in [0.2, 0.25) is 5.91 Å². The molecule has 0 radical (unpaired) electrons. The summed E-state index contributed by atoms with van der Waals surface area (Å²) in [5.74, 6) is -0.133. The predicted octanol–water partition coefficient (Wildman–Crippen LogP) is 3.68. The van der Waals surface area contributed by atoms with Crippen LogP contribution in [0.25, 0.3) is 0 Å².